The van der Waals surface area contributed by atoms with Gasteiger partial charge in [-0.15, -0.1) is 11.3 Å². The van der Waals surface area contributed by atoms with Crippen LogP contribution in [-0.2, 0) is 11.2 Å². The molecule has 6 heteroatoms. The number of nitrogens with one attached hydrogen (secondary N) is 2. The van der Waals surface area contributed by atoms with Crippen molar-refractivity contribution in [3.63, 3.8) is 0 Å². The van der Waals surface area contributed by atoms with Crippen molar-refractivity contribution in [3.8, 4) is 0 Å². The number of benzene rings is 1. The summed E-state index contributed by atoms with van der Waals surface area (Å²) >= 11 is 6.91. The molecule has 0 atom stereocenters. The number of carbonyl (C=O) groups excluding carboxylic acids is 1. The van der Waals surface area contributed by atoms with Crippen LogP contribution in [0.1, 0.15) is 33.3 Å². The molecule has 0 aliphatic carbocycles. The first kappa shape index (κ1) is 17.4. The van der Waals surface area contributed by atoms with Crippen LogP contribution >= 0.6 is 23.6 Å². The van der Waals surface area contributed by atoms with Crippen molar-refractivity contribution >= 4 is 45.3 Å². The Labute approximate surface area is 145 Å². The van der Waals surface area contributed by atoms with Gasteiger partial charge in [0.05, 0.1) is 12.7 Å². The Morgan fingerprint density at radius 1 is 1.26 bits per heavy atom. The summed E-state index contributed by atoms with van der Waals surface area (Å²) in [5, 5.41) is 7.50. The number of para-hydroxylation sites is 1. The summed E-state index contributed by atoms with van der Waals surface area (Å²) in [5.74, 6) is -0.363. The first-order chi connectivity index (χ1) is 11.0. The summed E-state index contributed by atoms with van der Waals surface area (Å²) in [6, 6.07) is 7.91. The monoisotopic (exact) mass is 348 g/mol. The zero-order valence-corrected chi connectivity index (χ0v) is 15.3. The second-order valence-corrected chi connectivity index (χ2v) is 6.69. The SMILES string of the molecule is CCc1cc(C(=O)OC)c(NC(=S)Nc2c(C)cccc2C)s1. The highest BCUT2D eigenvalue weighted by molar-refractivity contribution is 7.80. The van der Waals surface area contributed by atoms with E-state index in [1.807, 2.05) is 45.0 Å². The molecule has 23 heavy (non-hydrogen) atoms. The summed E-state index contributed by atoms with van der Waals surface area (Å²) in [7, 11) is 1.38. The Morgan fingerprint density at radius 3 is 2.48 bits per heavy atom. The lowest BCUT2D eigenvalue weighted by Gasteiger charge is -2.14. The van der Waals surface area contributed by atoms with Gasteiger partial charge in [0.25, 0.3) is 0 Å². The average molecular weight is 348 g/mol. The highest BCUT2D eigenvalue weighted by atomic mass is 32.1. The molecule has 2 rings (SSSR count). The van der Waals surface area contributed by atoms with Crippen LogP contribution < -0.4 is 10.6 Å². The molecule has 0 unspecified atom stereocenters. The van der Waals surface area contributed by atoms with E-state index in [4.69, 9.17) is 17.0 Å². The van der Waals surface area contributed by atoms with E-state index >= 15 is 0 Å². The first-order valence-corrected chi connectivity index (χ1v) is 8.54. The smallest absolute Gasteiger partial charge is 0.340 e. The van der Waals surface area contributed by atoms with Gasteiger partial charge < -0.3 is 15.4 Å². The van der Waals surface area contributed by atoms with E-state index < -0.39 is 0 Å². The summed E-state index contributed by atoms with van der Waals surface area (Å²) in [4.78, 5) is 13.0. The number of thiophene rings is 1. The van der Waals surface area contributed by atoms with Crippen LogP contribution in [-0.4, -0.2) is 18.2 Å². The average Bonchev–Trinajstić information content (AvgIpc) is 2.93. The third-order valence-electron chi connectivity index (χ3n) is 3.48. The molecule has 122 valence electrons. The lowest BCUT2D eigenvalue weighted by atomic mass is 10.1. The molecule has 1 aromatic carbocycles. The van der Waals surface area contributed by atoms with Crippen molar-refractivity contribution in [2.75, 3.05) is 17.7 Å². The minimum absolute atomic E-state index is 0.363. The Bertz CT molecular complexity index is 718. The van der Waals surface area contributed by atoms with Gasteiger partial charge in [0.15, 0.2) is 5.11 Å². The van der Waals surface area contributed by atoms with Crippen LogP contribution in [0.5, 0.6) is 0 Å². The van der Waals surface area contributed by atoms with Gasteiger partial charge >= 0.3 is 5.97 Å². The fraction of sp³-hybridized carbons (Fsp3) is 0.294. The van der Waals surface area contributed by atoms with Crippen molar-refractivity contribution in [1.82, 2.24) is 0 Å². The molecule has 0 bridgehead atoms. The number of ether oxygens (including phenoxy) is 1. The van der Waals surface area contributed by atoms with Gasteiger partial charge in [-0.2, -0.15) is 0 Å². The van der Waals surface area contributed by atoms with Crippen LogP contribution in [0.2, 0.25) is 0 Å². The van der Waals surface area contributed by atoms with Crippen LogP contribution in [0, 0.1) is 13.8 Å². The van der Waals surface area contributed by atoms with Gasteiger partial charge in [0, 0.05) is 10.6 Å². The number of anilines is 2. The Hall–Kier alpha value is -1.92. The molecule has 0 amide bonds. The zero-order chi connectivity index (χ0) is 17.0. The van der Waals surface area contributed by atoms with Crippen molar-refractivity contribution in [3.05, 3.63) is 45.8 Å². The molecule has 0 aliphatic rings. The molecule has 1 heterocycles. The van der Waals surface area contributed by atoms with Gasteiger partial charge in [0.2, 0.25) is 0 Å². The topological polar surface area (TPSA) is 50.4 Å². The normalized spacial score (nSPS) is 10.3. The quantitative estimate of drug-likeness (QED) is 0.628. The van der Waals surface area contributed by atoms with E-state index in [0.29, 0.717) is 15.7 Å². The number of esters is 1. The van der Waals surface area contributed by atoms with E-state index in [1.54, 1.807) is 0 Å². The number of thiocarbonyl (C=S) groups is 1. The minimum Gasteiger partial charge on any atom is -0.465 e. The van der Waals surface area contributed by atoms with Crippen molar-refractivity contribution in [2.24, 2.45) is 0 Å². The molecule has 0 fully saturated rings. The van der Waals surface area contributed by atoms with E-state index in [-0.39, 0.29) is 5.97 Å². The predicted octanol–water partition coefficient (Wildman–Crippen LogP) is 4.52. The number of hydrogen-bond donors (Lipinski definition) is 2. The molecule has 1 aromatic heterocycles. The molecule has 2 N–H and O–H groups in total. The van der Waals surface area contributed by atoms with Gasteiger partial charge in [0.1, 0.15) is 5.00 Å². The van der Waals surface area contributed by atoms with Gasteiger partial charge in [-0.05, 0) is 49.7 Å². The second-order valence-electron chi connectivity index (χ2n) is 5.15. The Morgan fingerprint density at radius 2 is 1.91 bits per heavy atom. The molecule has 0 spiro atoms. The molecule has 0 radical (unpaired) electrons. The zero-order valence-electron chi connectivity index (χ0n) is 13.6. The van der Waals surface area contributed by atoms with E-state index in [0.717, 1.165) is 28.1 Å². The fourth-order valence-electron chi connectivity index (χ4n) is 2.23. The van der Waals surface area contributed by atoms with E-state index in [9.17, 15) is 4.79 Å². The number of hydrogen-bond acceptors (Lipinski definition) is 4. The maximum atomic E-state index is 11.9. The fourth-order valence-corrected chi connectivity index (χ4v) is 3.49. The van der Waals surface area contributed by atoms with Crippen molar-refractivity contribution in [1.29, 1.82) is 0 Å². The van der Waals surface area contributed by atoms with Crippen LogP contribution in [0.4, 0.5) is 10.7 Å². The first-order valence-electron chi connectivity index (χ1n) is 7.31. The summed E-state index contributed by atoms with van der Waals surface area (Å²) < 4.78 is 4.84. The molecule has 2 aromatic rings. The van der Waals surface area contributed by atoms with Crippen molar-refractivity contribution in [2.45, 2.75) is 27.2 Å². The standard InChI is InChI=1S/C17H20N2O2S2/c1-5-12-9-13(16(20)21-4)15(23-12)19-17(22)18-14-10(2)7-6-8-11(14)3/h6-9H,5H2,1-4H3,(H2,18,19,22). The molecular formula is C17H20N2O2S2. The maximum Gasteiger partial charge on any atom is 0.340 e. The molecule has 4 nitrogen and oxygen atoms in total. The van der Waals surface area contributed by atoms with Gasteiger partial charge in [-0.25, -0.2) is 4.79 Å². The van der Waals surface area contributed by atoms with E-state index in [2.05, 4.69) is 10.6 Å². The van der Waals surface area contributed by atoms with Crippen LogP contribution in [0.3, 0.4) is 0 Å². The number of carbonyl (C=O) groups is 1. The van der Waals surface area contributed by atoms with Crippen molar-refractivity contribution < 1.29 is 9.53 Å². The molecule has 0 aliphatic heterocycles. The largest absolute Gasteiger partial charge is 0.465 e. The second kappa shape index (κ2) is 7.57. The van der Waals surface area contributed by atoms with Crippen LogP contribution in [0.25, 0.3) is 0 Å². The molecule has 0 saturated carbocycles. The number of aryl methyl sites for hydroxylation is 3. The summed E-state index contributed by atoms with van der Waals surface area (Å²) in [6.45, 7) is 6.10. The lowest BCUT2D eigenvalue weighted by Crippen LogP contribution is -2.21. The van der Waals surface area contributed by atoms with Gasteiger partial charge in [-0.3, -0.25) is 0 Å². The maximum absolute atomic E-state index is 11.9. The summed E-state index contributed by atoms with van der Waals surface area (Å²) in [6.07, 6.45) is 0.855. The minimum atomic E-state index is -0.363. The number of rotatable bonds is 4. The predicted molar refractivity (Wildman–Crippen MR) is 101 cm³/mol. The molecule has 0 saturated heterocycles. The third kappa shape index (κ3) is 4.09. The van der Waals surface area contributed by atoms with Gasteiger partial charge in [-0.1, -0.05) is 25.1 Å². The summed E-state index contributed by atoms with van der Waals surface area (Å²) in [5.41, 5.74) is 3.72. The highest BCUT2D eigenvalue weighted by Crippen LogP contribution is 2.29. The Balaban J connectivity index is 2.20. The highest BCUT2D eigenvalue weighted by Gasteiger charge is 2.17. The number of methoxy groups -OCH3 is 1. The van der Waals surface area contributed by atoms with E-state index in [1.165, 1.54) is 18.4 Å². The third-order valence-corrected chi connectivity index (χ3v) is 4.88. The molecular weight excluding hydrogens is 328 g/mol. The Kier molecular flexibility index (Phi) is 5.74. The van der Waals surface area contributed by atoms with Crippen LogP contribution in [0.15, 0.2) is 24.3 Å². The lowest BCUT2D eigenvalue weighted by molar-refractivity contribution is 0.0602.